The van der Waals surface area contributed by atoms with E-state index in [1.165, 1.54) is 8.61 Å². The number of ether oxygens (including phenoxy) is 1. The normalized spacial score (nSPS) is 26.0. The SMILES string of the molecule is C[C@@H]1CN(S(=O)(=O)N2CCN(C(=O)c3ccccc3Cl)CC2)C[C@H](C)O1. The van der Waals surface area contributed by atoms with Crippen LogP contribution in [0.2, 0.25) is 5.02 Å². The minimum absolute atomic E-state index is 0.128. The Labute approximate surface area is 159 Å². The first kappa shape index (κ1) is 19.6. The molecule has 2 atom stereocenters. The molecule has 1 aromatic carbocycles. The molecule has 0 aliphatic carbocycles. The summed E-state index contributed by atoms with van der Waals surface area (Å²) in [7, 11) is -3.55. The van der Waals surface area contributed by atoms with E-state index in [9.17, 15) is 13.2 Å². The van der Waals surface area contributed by atoms with Crippen molar-refractivity contribution in [2.75, 3.05) is 39.3 Å². The van der Waals surface area contributed by atoms with Gasteiger partial charge in [0.05, 0.1) is 22.8 Å². The second-order valence-electron chi connectivity index (χ2n) is 6.75. The lowest BCUT2D eigenvalue weighted by molar-refractivity contribution is -0.0457. The molecule has 26 heavy (non-hydrogen) atoms. The van der Waals surface area contributed by atoms with E-state index < -0.39 is 10.2 Å². The molecule has 0 spiro atoms. The van der Waals surface area contributed by atoms with Gasteiger partial charge < -0.3 is 9.64 Å². The van der Waals surface area contributed by atoms with Gasteiger partial charge in [-0.1, -0.05) is 23.7 Å². The molecule has 2 fully saturated rings. The van der Waals surface area contributed by atoms with E-state index in [-0.39, 0.29) is 31.2 Å². The maximum absolute atomic E-state index is 12.9. The summed E-state index contributed by atoms with van der Waals surface area (Å²) in [4.78, 5) is 14.3. The first-order chi connectivity index (χ1) is 12.3. The summed E-state index contributed by atoms with van der Waals surface area (Å²) in [6, 6.07) is 6.90. The van der Waals surface area contributed by atoms with Crippen LogP contribution in [0.1, 0.15) is 24.2 Å². The summed E-state index contributed by atoms with van der Waals surface area (Å²) < 4.78 is 34.4. The molecule has 2 aliphatic rings. The predicted octanol–water partition coefficient (Wildman–Crippen LogP) is 1.45. The highest BCUT2D eigenvalue weighted by atomic mass is 35.5. The number of piperazine rings is 1. The third-order valence-corrected chi connectivity index (χ3v) is 6.97. The number of amides is 1. The average molecular weight is 402 g/mol. The lowest BCUT2D eigenvalue weighted by atomic mass is 10.2. The van der Waals surface area contributed by atoms with Crippen molar-refractivity contribution in [2.45, 2.75) is 26.1 Å². The Morgan fingerprint density at radius 3 is 2.19 bits per heavy atom. The molecule has 3 rings (SSSR count). The van der Waals surface area contributed by atoms with Crippen LogP contribution in [0.5, 0.6) is 0 Å². The van der Waals surface area contributed by atoms with Crippen LogP contribution >= 0.6 is 11.6 Å². The third-order valence-electron chi connectivity index (χ3n) is 4.67. The van der Waals surface area contributed by atoms with Crippen LogP contribution in [0, 0.1) is 0 Å². The van der Waals surface area contributed by atoms with E-state index in [4.69, 9.17) is 16.3 Å². The number of benzene rings is 1. The van der Waals surface area contributed by atoms with Gasteiger partial charge in [-0.05, 0) is 26.0 Å². The molecule has 2 saturated heterocycles. The van der Waals surface area contributed by atoms with E-state index in [0.29, 0.717) is 36.8 Å². The summed E-state index contributed by atoms with van der Waals surface area (Å²) in [5.41, 5.74) is 0.446. The predicted molar refractivity (Wildman–Crippen MR) is 99.4 cm³/mol. The summed E-state index contributed by atoms with van der Waals surface area (Å²) >= 11 is 6.10. The fraction of sp³-hybridized carbons (Fsp3) is 0.588. The van der Waals surface area contributed by atoms with Crippen LogP contribution in [0.4, 0.5) is 0 Å². The number of carbonyl (C=O) groups is 1. The molecule has 2 heterocycles. The van der Waals surface area contributed by atoms with E-state index in [1.54, 1.807) is 29.2 Å². The van der Waals surface area contributed by atoms with Gasteiger partial charge in [0.25, 0.3) is 16.1 Å². The molecule has 1 amide bonds. The third kappa shape index (κ3) is 4.04. The molecule has 9 heteroatoms. The Bertz CT molecular complexity index is 755. The van der Waals surface area contributed by atoms with Crippen molar-refractivity contribution in [3.8, 4) is 0 Å². The first-order valence-electron chi connectivity index (χ1n) is 8.73. The molecule has 7 nitrogen and oxygen atoms in total. The molecule has 0 bridgehead atoms. The van der Waals surface area contributed by atoms with Crippen LogP contribution < -0.4 is 0 Å². The van der Waals surface area contributed by atoms with Crippen LogP contribution in [0.3, 0.4) is 0 Å². The van der Waals surface area contributed by atoms with E-state index in [2.05, 4.69) is 0 Å². The van der Waals surface area contributed by atoms with Gasteiger partial charge in [0.1, 0.15) is 0 Å². The Morgan fingerprint density at radius 2 is 1.62 bits per heavy atom. The standard InChI is InChI=1S/C17H24ClN3O4S/c1-13-11-21(12-14(2)25-13)26(23,24)20-9-7-19(8-10-20)17(22)15-5-3-4-6-16(15)18/h3-6,13-14H,7-12H2,1-2H3/t13-,14+. The maximum Gasteiger partial charge on any atom is 0.282 e. The molecule has 1 aromatic rings. The van der Waals surface area contributed by atoms with Gasteiger partial charge in [0.15, 0.2) is 0 Å². The van der Waals surface area contributed by atoms with Crippen molar-refractivity contribution in [2.24, 2.45) is 0 Å². The molecule has 0 N–H and O–H groups in total. The number of morpholine rings is 1. The zero-order valence-corrected chi connectivity index (χ0v) is 16.5. The van der Waals surface area contributed by atoms with Crippen LogP contribution in [-0.2, 0) is 14.9 Å². The van der Waals surface area contributed by atoms with Gasteiger partial charge >= 0.3 is 0 Å². The number of hydrogen-bond donors (Lipinski definition) is 0. The van der Waals surface area contributed by atoms with Gasteiger partial charge in [0.2, 0.25) is 0 Å². The summed E-state index contributed by atoms with van der Waals surface area (Å²) in [6.07, 6.45) is -0.256. The molecule has 0 saturated carbocycles. The highest BCUT2D eigenvalue weighted by Gasteiger charge is 2.37. The largest absolute Gasteiger partial charge is 0.373 e. The quantitative estimate of drug-likeness (QED) is 0.768. The molecular formula is C17H24ClN3O4S. The summed E-state index contributed by atoms with van der Waals surface area (Å²) in [5.74, 6) is -0.165. The van der Waals surface area contributed by atoms with Crippen molar-refractivity contribution < 1.29 is 17.9 Å². The molecule has 144 valence electrons. The number of hydrogen-bond acceptors (Lipinski definition) is 4. The van der Waals surface area contributed by atoms with Gasteiger partial charge in [0, 0.05) is 39.3 Å². The highest BCUT2D eigenvalue weighted by Crippen LogP contribution is 2.21. The average Bonchev–Trinajstić information content (AvgIpc) is 2.61. The van der Waals surface area contributed by atoms with Crippen molar-refractivity contribution >= 4 is 27.7 Å². The Morgan fingerprint density at radius 1 is 1.04 bits per heavy atom. The molecule has 2 aliphatic heterocycles. The van der Waals surface area contributed by atoms with Gasteiger partial charge in [-0.25, -0.2) is 0 Å². The minimum Gasteiger partial charge on any atom is -0.373 e. The van der Waals surface area contributed by atoms with Gasteiger partial charge in [-0.15, -0.1) is 0 Å². The molecule has 0 aromatic heterocycles. The maximum atomic E-state index is 12.9. The summed E-state index contributed by atoms with van der Waals surface area (Å²) in [5, 5.41) is 0.406. The number of carbonyl (C=O) groups excluding carboxylic acids is 1. The summed E-state index contributed by atoms with van der Waals surface area (Å²) in [6.45, 7) is 5.70. The van der Waals surface area contributed by atoms with Gasteiger partial charge in [-0.2, -0.15) is 17.0 Å². The number of rotatable bonds is 3. The second-order valence-corrected chi connectivity index (χ2v) is 9.09. The Hall–Kier alpha value is -1.19. The van der Waals surface area contributed by atoms with Crippen molar-refractivity contribution in [1.82, 2.24) is 13.5 Å². The zero-order valence-electron chi connectivity index (χ0n) is 15.0. The van der Waals surface area contributed by atoms with Crippen LogP contribution in [-0.4, -0.2) is 79.3 Å². The molecular weight excluding hydrogens is 378 g/mol. The van der Waals surface area contributed by atoms with E-state index in [1.807, 2.05) is 13.8 Å². The molecule has 0 unspecified atom stereocenters. The smallest absolute Gasteiger partial charge is 0.282 e. The van der Waals surface area contributed by atoms with Crippen molar-refractivity contribution in [3.63, 3.8) is 0 Å². The number of halogens is 1. The minimum atomic E-state index is -3.55. The Kier molecular flexibility index (Phi) is 5.88. The van der Waals surface area contributed by atoms with Crippen molar-refractivity contribution in [1.29, 1.82) is 0 Å². The van der Waals surface area contributed by atoms with E-state index in [0.717, 1.165) is 0 Å². The highest BCUT2D eigenvalue weighted by molar-refractivity contribution is 7.86. The van der Waals surface area contributed by atoms with Crippen LogP contribution in [0.25, 0.3) is 0 Å². The van der Waals surface area contributed by atoms with Gasteiger partial charge in [-0.3, -0.25) is 4.79 Å². The first-order valence-corrected chi connectivity index (χ1v) is 10.5. The zero-order chi connectivity index (χ0) is 18.9. The topological polar surface area (TPSA) is 70.2 Å². The van der Waals surface area contributed by atoms with E-state index >= 15 is 0 Å². The number of nitrogens with zero attached hydrogens (tertiary/aromatic N) is 3. The van der Waals surface area contributed by atoms with Crippen LogP contribution in [0.15, 0.2) is 24.3 Å². The fourth-order valence-corrected chi connectivity index (χ4v) is 5.37. The van der Waals surface area contributed by atoms with Crippen molar-refractivity contribution in [3.05, 3.63) is 34.9 Å². The molecule has 0 radical (unpaired) electrons. The fourth-order valence-electron chi connectivity index (χ4n) is 3.41. The lowest BCUT2D eigenvalue weighted by Gasteiger charge is -2.40. The lowest BCUT2D eigenvalue weighted by Crippen LogP contribution is -2.57. The monoisotopic (exact) mass is 401 g/mol. The second kappa shape index (κ2) is 7.82. The Balaban J connectivity index is 1.64.